The molecule has 1 rings (SSSR count). The minimum absolute atomic E-state index is 0.0684. The number of alkyl halides is 1. The molecule has 84 valence electrons. The fourth-order valence-corrected chi connectivity index (χ4v) is 1.46. The third-order valence-corrected chi connectivity index (χ3v) is 2.40. The standard InChI is InChI=1S/C11H16ClNO2/c12-6-3-1-2-4-7-13-11(14)10-5-8-15-9-10/h5,8-9H,1-4,6-7H2,(H,13,14). The molecule has 1 N–H and O–H groups in total. The van der Waals surface area contributed by atoms with Crippen molar-refractivity contribution < 1.29 is 9.21 Å². The molecule has 4 heteroatoms. The highest BCUT2D eigenvalue weighted by atomic mass is 35.5. The van der Waals surface area contributed by atoms with Gasteiger partial charge in [-0.25, -0.2) is 0 Å². The molecule has 0 radical (unpaired) electrons. The normalized spacial score (nSPS) is 10.2. The number of amides is 1. The van der Waals surface area contributed by atoms with E-state index in [4.69, 9.17) is 16.0 Å². The summed E-state index contributed by atoms with van der Waals surface area (Å²) in [6, 6.07) is 1.66. The number of carbonyl (C=O) groups is 1. The molecule has 0 saturated carbocycles. The zero-order valence-electron chi connectivity index (χ0n) is 8.67. The van der Waals surface area contributed by atoms with Crippen molar-refractivity contribution in [3.8, 4) is 0 Å². The minimum atomic E-state index is -0.0684. The van der Waals surface area contributed by atoms with E-state index in [2.05, 4.69) is 5.32 Å². The van der Waals surface area contributed by atoms with Crippen molar-refractivity contribution in [2.75, 3.05) is 12.4 Å². The van der Waals surface area contributed by atoms with Crippen molar-refractivity contribution >= 4 is 17.5 Å². The molecule has 0 aliphatic heterocycles. The molecule has 1 aromatic heterocycles. The Hall–Kier alpha value is -0.960. The van der Waals surface area contributed by atoms with Crippen molar-refractivity contribution in [1.29, 1.82) is 0 Å². The van der Waals surface area contributed by atoms with Gasteiger partial charge in [0.15, 0.2) is 0 Å². The summed E-state index contributed by atoms with van der Waals surface area (Å²) < 4.78 is 4.82. The van der Waals surface area contributed by atoms with Gasteiger partial charge in [-0.15, -0.1) is 11.6 Å². The topological polar surface area (TPSA) is 42.2 Å². The van der Waals surface area contributed by atoms with Gasteiger partial charge in [0.25, 0.3) is 5.91 Å². The molecule has 0 saturated heterocycles. The molecule has 0 atom stereocenters. The molecular formula is C11H16ClNO2. The smallest absolute Gasteiger partial charge is 0.254 e. The van der Waals surface area contributed by atoms with Gasteiger partial charge in [0.2, 0.25) is 0 Å². The second-order valence-corrected chi connectivity index (χ2v) is 3.75. The van der Waals surface area contributed by atoms with Crippen LogP contribution in [0.4, 0.5) is 0 Å². The molecule has 0 aromatic carbocycles. The summed E-state index contributed by atoms with van der Waals surface area (Å²) in [6.45, 7) is 0.715. The Kier molecular flexibility index (Phi) is 5.93. The van der Waals surface area contributed by atoms with E-state index in [1.807, 2.05) is 0 Å². The molecule has 0 spiro atoms. The molecule has 15 heavy (non-hydrogen) atoms. The highest BCUT2D eigenvalue weighted by molar-refractivity contribution is 6.17. The first-order valence-electron chi connectivity index (χ1n) is 5.21. The predicted octanol–water partition coefficient (Wildman–Crippen LogP) is 2.81. The molecule has 0 aliphatic carbocycles. The average Bonchev–Trinajstić information content (AvgIpc) is 2.76. The fraction of sp³-hybridized carbons (Fsp3) is 0.545. The maximum Gasteiger partial charge on any atom is 0.254 e. The summed E-state index contributed by atoms with van der Waals surface area (Å²) in [7, 11) is 0. The third-order valence-electron chi connectivity index (χ3n) is 2.13. The SMILES string of the molecule is O=C(NCCCCCCCl)c1ccoc1. The second kappa shape index (κ2) is 7.35. The Morgan fingerprint density at radius 3 is 2.80 bits per heavy atom. The van der Waals surface area contributed by atoms with E-state index in [9.17, 15) is 4.79 Å². The van der Waals surface area contributed by atoms with Crippen LogP contribution in [0, 0.1) is 0 Å². The Bertz CT molecular complexity index is 272. The van der Waals surface area contributed by atoms with Crippen LogP contribution in [-0.4, -0.2) is 18.3 Å². The summed E-state index contributed by atoms with van der Waals surface area (Å²) in [4.78, 5) is 11.4. The number of carbonyl (C=O) groups excluding carboxylic acids is 1. The van der Waals surface area contributed by atoms with Crippen LogP contribution < -0.4 is 5.32 Å². The van der Waals surface area contributed by atoms with Crippen LogP contribution in [0.25, 0.3) is 0 Å². The van der Waals surface area contributed by atoms with E-state index >= 15 is 0 Å². The van der Waals surface area contributed by atoms with Gasteiger partial charge >= 0.3 is 0 Å². The maximum atomic E-state index is 11.4. The Balaban J connectivity index is 2.03. The van der Waals surface area contributed by atoms with Crippen molar-refractivity contribution in [1.82, 2.24) is 5.32 Å². The number of hydrogen-bond donors (Lipinski definition) is 1. The zero-order valence-corrected chi connectivity index (χ0v) is 9.43. The Morgan fingerprint density at radius 1 is 1.33 bits per heavy atom. The molecular weight excluding hydrogens is 214 g/mol. The molecule has 1 heterocycles. The lowest BCUT2D eigenvalue weighted by atomic mass is 10.2. The van der Waals surface area contributed by atoms with E-state index in [0.29, 0.717) is 12.1 Å². The summed E-state index contributed by atoms with van der Waals surface area (Å²) in [5, 5.41) is 2.83. The predicted molar refractivity (Wildman–Crippen MR) is 60.2 cm³/mol. The molecule has 3 nitrogen and oxygen atoms in total. The van der Waals surface area contributed by atoms with Crippen LogP contribution in [0.5, 0.6) is 0 Å². The van der Waals surface area contributed by atoms with E-state index in [1.54, 1.807) is 6.07 Å². The monoisotopic (exact) mass is 229 g/mol. The summed E-state index contributed by atoms with van der Waals surface area (Å²) in [6.07, 6.45) is 7.24. The van der Waals surface area contributed by atoms with E-state index in [1.165, 1.54) is 12.5 Å². The maximum absolute atomic E-state index is 11.4. The van der Waals surface area contributed by atoms with Crippen LogP contribution in [0.3, 0.4) is 0 Å². The van der Waals surface area contributed by atoms with E-state index < -0.39 is 0 Å². The van der Waals surface area contributed by atoms with Crippen LogP contribution in [0.15, 0.2) is 23.0 Å². The van der Waals surface area contributed by atoms with Gasteiger partial charge in [0.05, 0.1) is 11.8 Å². The highest BCUT2D eigenvalue weighted by Gasteiger charge is 2.04. The molecule has 1 amide bonds. The van der Waals surface area contributed by atoms with Gasteiger partial charge in [-0.3, -0.25) is 4.79 Å². The second-order valence-electron chi connectivity index (χ2n) is 3.37. The van der Waals surface area contributed by atoms with Crippen LogP contribution in [0.2, 0.25) is 0 Å². The summed E-state index contributed by atoms with van der Waals surface area (Å²) in [5.41, 5.74) is 0.579. The molecule has 0 unspecified atom stereocenters. The van der Waals surface area contributed by atoms with Gasteiger partial charge in [0, 0.05) is 12.4 Å². The zero-order chi connectivity index (χ0) is 10.9. The number of furan rings is 1. The number of unbranched alkanes of at least 4 members (excludes halogenated alkanes) is 3. The first kappa shape index (κ1) is 12.1. The summed E-state index contributed by atoms with van der Waals surface area (Å²) >= 11 is 5.55. The van der Waals surface area contributed by atoms with Crippen molar-refractivity contribution in [2.24, 2.45) is 0 Å². The van der Waals surface area contributed by atoms with Gasteiger partial charge in [-0.05, 0) is 18.9 Å². The van der Waals surface area contributed by atoms with Crippen molar-refractivity contribution in [2.45, 2.75) is 25.7 Å². The van der Waals surface area contributed by atoms with Gasteiger partial charge in [-0.1, -0.05) is 12.8 Å². The number of halogens is 1. The van der Waals surface area contributed by atoms with Crippen LogP contribution in [0.1, 0.15) is 36.0 Å². The first-order valence-corrected chi connectivity index (χ1v) is 5.74. The Morgan fingerprint density at radius 2 is 2.13 bits per heavy atom. The molecule has 0 bridgehead atoms. The average molecular weight is 230 g/mol. The number of rotatable bonds is 7. The van der Waals surface area contributed by atoms with E-state index in [-0.39, 0.29) is 5.91 Å². The van der Waals surface area contributed by atoms with Crippen LogP contribution >= 0.6 is 11.6 Å². The minimum Gasteiger partial charge on any atom is -0.472 e. The number of hydrogen-bond acceptors (Lipinski definition) is 2. The lowest BCUT2D eigenvalue weighted by Gasteiger charge is -2.02. The van der Waals surface area contributed by atoms with Crippen LogP contribution in [-0.2, 0) is 0 Å². The molecule has 0 aliphatic rings. The lowest BCUT2D eigenvalue weighted by molar-refractivity contribution is 0.0952. The van der Waals surface area contributed by atoms with Gasteiger partial charge in [-0.2, -0.15) is 0 Å². The van der Waals surface area contributed by atoms with Gasteiger partial charge < -0.3 is 9.73 Å². The lowest BCUT2D eigenvalue weighted by Crippen LogP contribution is -2.23. The Labute approximate surface area is 94.8 Å². The number of nitrogens with one attached hydrogen (secondary N) is 1. The van der Waals surface area contributed by atoms with Gasteiger partial charge in [0.1, 0.15) is 6.26 Å². The molecule has 0 fully saturated rings. The quantitative estimate of drug-likeness (QED) is 0.577. The van der Waals surface area contributed by atoms with E-state index in [0.717, 1.165) is 31.6 Å². The fourth-order valence-electron chi connectivity index (χ4n) is 1.27. The third kappa shape index (κ3) is 4.88. The summed E-state index contributed by atoms with van der Waals surface area (Å²) in [5.74, 6) is 0.655. The van der Waals surface area contributed by atoms with Crippen molar-refractivity contribution in [3.05, 3.63) is 24.2 Å². The molecule has 1 aromatic rings. The largest absolute Gasteiger partial charge is 0.472 e. The van der Waals surface area contributed by atoms with Crippen molar-refractivity contribution in [3.63, 3.8) is 0 Å². The highest BCUT2D eigenvalue weighted by Crippen LogP contribution is 2.01. The first-order chi connectivity index (χ1) is 7.34.